The molecule has 180 valence electrons. The molecule has 10 nitrogen and oxygen atoms in total. The Labute approximate surface area is 195 Å². The number of nitrogens with zero attached hydrogens (tertiary/aromatic N) is 5. The molecule has 2 heterocycles. The first-order valence-electron chi connectivity index (χ1n) is 10.6. The SMILES string of the molecule is CC(C)N(N)/C(=N\N)c1cccc(NC(=O)c2cc(/C(C=NC3CC3)=C/N)c(C(F)F)cn2)n1. The number of halogens is 2. The Kier molecular flexibility index (Phi) is 7.84. The van der Waals surface area contributed by atoms with Crippen LogP contribution in [0.4, 0.5) is 14.6 Å². The lowest BCUT2D eigenvalue weighted by Gasteiger charge is -2.23. The topological polar surface area (TPSA) is 161 Å². The van der Waals surface area contributed by atoms with Crippen LogP contribution in [0.3, 0.4) is 0 Å². The Morgan fingerprint density at radius 1 is 1.29 bits per heavy atom. The second-order valence-corrected chi connectivity index (χ2v) is 7.90. The third-order valence-corrected chi connectivity index (χ3v) is 5.01. The van der Waals surface area contributed by atoms with Gasteiger partial charge in [0.2, 0.25) is 0 Å². The van der Waals surface area contributed by atoms with Crippen molar-refractivity contribution in [2.75, 3.05) is 5.32 Å². The van der Waals surface area contributed by atoms with E-state index in [1.807, 2.05) is 13.8 Å². The Morgan fingerprint density at radius 3 is 2.62 bits per heavy atom. The smallest absolute Gasteiger partial charge is 0.275 e. The van der Waals surface area contributed by atoms with Gasteiger partial charge in [0.1, 0.15) is 17.2 Å². The summed E-state index contributed by atoms with van der Waals surface area (Å²) in [7, 11) is 0. The number of alkyl halides is 2. The number of amidine groups is 1. The predicted octanol–water partition coefficient (Wildman–Crippen LogP) is 2.40. The molecular formula is C22H27F2N9O. The molecule has 1 aliphatic carbocycles. The van der Waals surface area contributed by atoms with Gasteiger partial charge in [0.15, 0.2) is 5.84 Å². The number of hydrogen-bond donors (Lipinski definition) is 4. The summed E-state index contributed by atoms with van der Waals surface area (Å²) in [5, 5.41) is 7.63. The Bertz CT molecular complexity index is 1130. The molecule has 7 N–H and O–H groups in total. The van der Waals surface area contributed by atoms with E-state index < -0.39 is 12.3 Å². The summed E-state index contributed by atoms with van der Waals surface area (Å²) in [6, 6.07) is 6.15. The third kappa shape index (κ3) is 5.90. The average Bonchev–Trinajstić information content (AvgIpc) is 3.64. The molecule has 34 heavy (non-hydrogen) atoms. The highest BCUT2D eigenvalue weighted by atomic mass is 19.3. The molecule has 0 aliphatic heterocycles. The lowest BCUT2D eigenvalue weighted by molar-refractivity contribution is 0.102. The van der Waals surface area contributed by atoms with Crippen LogP contribution < -0.4 is 22.7 Å². The van der Waals surface area contributed by atoms with Gasteiger partial charge in [0.05, 0.1) is 6.04 Å². The average molecular weight is 472 g/mol. The van der Waals surface area contributed by atoms with E-state index in [0.717, 1.165) is 19.0 Å². The minimum atomic E-state index is -2.81. The van der Waals surface area contributed by atoms with Crippen molar-refractivity contribution in [3.05, 3.63) is 59.2 Å². The molecule has 1 amide bonds. The fourth-order valence-electron chi connectivity index (χ4n) is 2.94. The minimum absolute atomic E-state index is 0.0806. The number of hydrogen-bond acceptors (Lipinski definition) is 8. The summed E-state index contributed by atoms with van der Waals surface area (Å²) in [5.74, 6) is 11.2. The Hall–Kier alpha value is -3.93. The van der Waals surface area contributed by atoms with Gasteiger partial charge in [-0.2, -0.15) is 5.10 Å². The molecule has 0 bridgehead atoms. The summed E-state index contributed by atoms with van der Waals surface area (Å²) >= 11 is 0. The van der Waals surface area contributed by atoms with Gasteiger partial charge < -0.3 is 16.9 Å². The Balaban J connectivity index is 1.88. The van der Waals surface area contributed by atoms with Crippen molar-refractivity contribution in [1.82, 2.24) is 15.0 Å². The number of aromatic nitrogens is 2. The van der Waals surface area contributed by atoms with Gasteiger partial charge in [-0.25, -0.2) is 19.6 Å². The summed E-state index contributed by atoms with van der Waals surface area (Å²) in [6.45, 7) is 3.70. The van der Waals surface area contributed by atoms with E-state index in [2.05, 4.69) is 25.4 Å². The first-order chi connectivity index (χ1) is 16.2. The molecule has 0 atom stereocenters. The molecule has 0 spiro atoms. The maximum Gasteiger partial charge on any atom is 0.275 e. The molecule has 1 fully saturated rings. The monoisotopic (exact) mass is 471 g/mol. The summed E-state index contributed by atoms with van der Waals surface area (Å²) in [5.41, 5.74) is 5.92. The van der Waals surface area contributed by atoms with E-state index >= 15 is 0 Å². The van der Waals surface area contributed by atoms with Crippen molar-refractivity contribution in [3.8, 4) is 0 Å². The van der Waals surface area contributed by atoms with Gasteiger partial charge in [-0.05, 0) is 50.5 Å². The van der Waals surface area contributed by atoms with E-state index in [-0.39, 0.29) is 46.1 Å². The highest BCUT2D eigenvalue weighted by Crippen LogP contribution is 2.29. The quantitative estimate of drug-likeness (QED) is 0.199. The van der Waals surface area contributed by atoms with Gasteiger partial charge in [-0.3, -0.25) is 19.8 Å². The predicted molar refractivity (Wildman–Crippen MR) is 127 cm³/mol. The molecule has 1 saturated carbocycles. The molecule has 0 aromatic carbocycles. The van der Waals surface area contributed by atoms with Crippen LogP contribution in [0.15, 0.2) is 46.8 Å². The maximum atomic E-state index is 13.6. The number of amides is 1. The molecule has 3 rings (SSSR count). The zero-order valence-corrected chi connectivity index (χ0v) is 18.8. The van der Waals surface area contributed by atoms with Gasteiger partial charge in [-0.15, -0.1) is 0 Å². The van der Waals surface area contributed by atoms with Crippen LogP contribution in [0.25, 0.3) is 5.57 Å². The molecule has 2 aromatic heterocycles. The van der Waals surface area contributed by atoms with Crippen LogP contribution in [-0.2, 0) is 0 Å². The number of allylic oxidation sites excluding steroid dienone is 1. The number of nitrogens with one attached hydrogen (secondary N) is 1. The van der Waals surface area contributed by atoms with Crippen LogP contribution in [0, 0.1) is 0 Å². The van der Waals surface area contributed by atoms with Crippen molar-refractivity contribution in [2.45, 2.75) is 45.2 Å². The molecule has 2 aromatic rings. The summed E-state index contributed by atoms with van der Waals surface area (Å²) < 4.78 is 27.2. The number of hydrazine groups is 1. The number of rotatable bonds is 8. The Morgan fingerprint density at radius 2 is 2.03 bits per heavy atom. The standard InChI is InChI=1S/C22H27F2N9O/c1-12(2)33(27)21(32-26)17-4-3-5-19(30-17)31-22(34)18-8-15(16(11-29-18)20(23)24)13(9-25)10-28-14-6-7-14/h3-5,8-12,14,20H,6-7,25-27H2,1-2H3,(H,30,31,34)/b13-9+,28-10?,32-21-. The zero-order chi connectivity index (χ0) is 24.8. The van der Waals surface area contributed by atoms with Gasteiger partial charge in [0, 0.05) is 35.8 Å². The van der Waals surface area contributed by atoms with Crippen molar-refractivity contribution >= 4 is 29.3 Å². The molecule has 0 unspecified atom stereocenters. The third-order valence-electron chi connectivity index (χ3n) is 5.01. The molecule has 0 saturated heterocycles. The summed E-state index contributed by atoms with van der Waals surface area (Å²) in [6.07, 6.45) is 2.68. The number of anilines is 1. The van der Waals surface area contributed by atoms with Gasteiger partial charge in [0.25, 0.3) is 12.3 Å². The first kappa shape index (κ1) is 24.7. The van der Waals surface area contributed by atoms with E-state index in [1.54, 1.807) is 18.2 Å². The van der Waals surface area contributed by atoms with Crippen LogP contribution in [0.5, 0.6) is 0 Å². The molecule has 1 aliphatic rings. The lowest BCUT2D eigenvalue weighted by atomic mass is 10.0. The number of hydrazone groups is 1. The van der Waals surface area contributed by atoms with Gasteiger partial charge in [-0.1, -0.05) is 6.07 Å². The first-order valence-corrected chi connectivity index (χ1v) is 10.6. The van der Waals surface area contributed by atoms with Crippen LogP contribution >= 0.6 is 0 Å². The number of nitrogens with two attached hydrogens (primary N) is 3. The fourth-order valence-corrected chi connectivity index (χ4v) is 2.94. The number of aliphatic imine (C=N–C) groups is 1. The van der Waals surface area contributed by atoms with Gasteiger partial charge >= 0.3 is 0 Å². The molecule has 12 heteroatoms. The van der Waals surface area contributed by atoms with E-state index in [4.69, 9.17) is 17.4 Å². The number of carbonyl (C=O) groups excluding carboxylic acids is 1. The largest absolute Gasteiger partial charge is 0.404 e. The van der Waals surface area contributed by atoms with E-state index in [1.165, 1.54) is 23.5 Å². The fraction of sp³-hybridized carbons (Fsp3) is 0.318. The van der Waals surface area contributed by atoms with Crippen molar-refractivity contribution in [1.29, 1.82) is 0 Å². The van der Waals surface area contributed by atoms with Crippen molar-refractivity contribution in [3.63, 3.8) is 0 Å². The van der Waals surface area contributed by atoms with E-state index in [0.29, 0.717) is 5.69 Å². The summed E-state index contributed by atoms with van der Waals surface area (Å²) in [4.78, 5) is 25.4. The highest BCUT2D eigenvalue weighted by Gasteiger charge is 2.22. The zero-order valence-electron chi connectivity index (χ0n) is 18.8. The second kappa shape index (κ2) is 10.8. The van der Waals surface area contributed by atoms with Crippen molar-refractivity contribution in [2.24, 2.45) is 27.5 Å². The molecule has 0 radical (unpaired) electrons. The van der Waals surface area contributed by atoms with E-state index in [9.17, 15) is 13.6 Å². The highest BCUT2D eigenvalue weighted by molar-refractivity contribution is 6.11. The molecular weight excluding hydrogens is 444 g/mol. The van der Waals surface area contributed by atoms with Crippen LogP contribution in [0.2, 0.25) is 0 Å². The second-order valence-electron chi connectivity index (χ2n) is 7.90. The maximum absolute atomic E-state index is 13.6. The number of pyridine rings is 2. The van der Waals surface area contributed by atoms with Crippen LogP contribution in [0.1, 0.15) is 60.4 Å². The number of carbonyl (C=O) groups is 1. The van der Waals surface area contributed by atoms with Crippen LogP contribution in [-0.4, -0.2) is 45.0 Å². The normalized spacial score (nSPS) is 14.8. The van der Waals surface area contributed by atoms with Crippen molar-refractivity contribution < 1.29 is 13.6 Å². The minimum Gasteiger partial charge on any atom is -0.404 e. The lowest BCUT2D eigenvalue weighted by Crippen LogP contribution is -2.44.